The van der Waals surface area contributed by atoms with Gasteiger partial charge in [0, 0.05) is 48.9 Å². The number of aromatic nitrogens is 1. The molecule has 5 heteroatoms. The molecule has 0 saturated heterocycles. The van der Waals surface area contributed by atoms with Crippen LogP contribution in [-0.2, 0) is 11.3 Å². The zero-order valence-corrected chi connectivity index (χ0v) is 13.7. The van der Waals surface area contributed by atoms with Gasteiger partial charge in [0.1, 0.15) is 0 Å². The maximum Gasteiger partial charge on any atom is 0.252 e. The average molecular weight is 321 g/mol. The van der Waals surface area contributed by atoms with Crippen molar-refractivity contribution in [3.8, 4) is 0 Å². The molecule has 2 N–H and O–H groups in total. The van der Waals surface area contributed by atoms with Crippen molar-refractivity contribution in [2.45, 2.75) is 13.5 Å². The van der Waals surface area contributed by atoms with Crippen LogP contribution in [-0.4, -0.2) is 23.8 Å². The first-order chi connectivity index (χ1) is 11.6. The summed E-state index contributed by atoms with van der Waals surface area (Å²) in [5.74, 6) is -0.152. The number of benzene rings is 2. The lowest BCUT2D eigenvalue weighted by Gasteiger charge is -2.16. The van der Waals surface area contributed by atoms with Gasteiger partial charge in [-0.1, -0.05) is 18.2 Å². The van der Waals surface area contributed by atoms with Crippen LogP contribution in [0.4, 0.5) is 5.69 Å². The minimum Gasteiger partial charge on any atom is -0.361 e. The average Bonchev–Trinajstić information content (AvgIpc) is 3.07. The molecule has 1 heterocycles. The van der Waals surface area contributed by atoms with Crippen molar-refractivity contribution in [2.24, 2.45) is 0 Å². The number of anilines is 1. The van der Waals surface area contributed by atoms with Crippen molar-refractivity contribution in [3.63, 3.8) is 0 Å². The van der Waals surface area contributed by atoms with E-state index in [4.69, 9.17) is 0 Å². The largest absolute Gasteiger partial charge is 0.361 e. The SMILES string of the molecule is CC(=O)N(C)c1cccc(CNC(=O)c2cccc3[nH]ccc23)c1. The van der Waals surface area contributed by atoms with Crippen LogP contribution in [0.25, 0.3) is 10.9 Å². The minimum atomic E-state index is -0.120. The van der Waals surface area contributed by atoms with Crippen molar-refractivity contribution in [2.75, 3.05) is 11.9 Å². The molecule has 3 aromatic rings. The molecule has 0 aliphatic rings. The van der Waals surface area contributed by atoms with E-state index in [-0.39, 0.29) is 11.8 Å². The Labute approximate surface area is 140 Å². The number of amides is 2. The topological polar surface area (TPSA) is 65.2 Å². The molecular weight excluding hydrogens is 302 g/mol. The summed E-state index contributed by atoms with van der Waals surface area (Å²) in [5.41, 5.74) is 3.33. The van der Waals surface area contributed by atoms with Crippen molar-refractivity contribution in [3.05, 3.63) is 65.9 Å². The van der Waals surface area contributed by atoms with E-state index in [1.165, 1.54) is 6.92 Å². The summed E-state index contributed by atoms with van der Waals surface area (Å²) >= 11 is 0. The summed E-state index contributed by atoms with van der Waals surface area (Å²) in [5, 5.41) is 3.84. The van der Waals surface area contributed by atoms with E-state index in [2.05, 4.69) is 10.3 Å². The maximum absolute atomic E-state index is 12.5. The predicted molar refractivity (Wildman–Crippen MR) is 95.0 cm³/mol. The Hall–Kier alpha value is -3.08. The highest BCUT2D eigenvalue weighted by molar-refractivity contribution is 6.06. The standard InChI is InChI=1S/C19H19N3O2/c1-13(23)22(2)15-6-3-5-14(11-15)12-21-19(24)17-7-4-8-18-16(17)9-10-20-18/h3-11,20H,12H2,1-2H3,(H,21,24). The molecule has 2 aromatic carbocycles. The number of rotatable bonds is 4. The quantitative estimate of drug-likeness (QED) is 0.775. The first kappa shape index (κ1) is 15.8. The molecule has 0 atom stereocenters. The molecular formula is C19H19N3O2. The van der Waals surface area contributed by atoms with E-state index in [9.17, 15) is 9.59 Å². The summed E-state index contributed by atoms with van der Waals surface area (Å²) in [6, 6.07) is 15.1. The molecule has 0 saturated carbocycles. The van der Waals surface area contributed by atoms with Crippen molar-refractivity contribution in [1.82, 2.24) is 10.3 Å². The lowest BCUT2D eigenvalue weighted by Crippen LogP contribution is -2.24. The first-order valence-corrected chi connectivity index (χ1v) is 7.74. The van der Waals surface area contributed by atoms with Crippen LogP contribution in [0, 0.1) is 0 Å². The van der Waals surface area contributed by atoms with E-state index in [0.29, 0.717) is 12.1 Å². The van der Waals surface area contributed by atoms with E-state index < -0.39 is 0 Å². The minimum absolute atomic E-state index is 0.0321. The van der Waals surface area contributed by atoms with Crippen LogP contribution < -0.4 is 10.2 Å². The number of aromatic amines is 1. The molecule has 0 aliphatic carbocycles. The van der Waals surface area contributed by atoms with E-state index in [1.807, 2.05) is 54.7 Å². The second kappa shape index (κ2) is 6.58. The van der Waals surface area contributed by atoms with Gasteiger partial charge >= 0.3 is 0 Å². The highest BCUT2D eigenvalue weighted by atomic mass is 16.2. The van der Waals surface area contributed by atoms with Crippen molar-refractivity contribution in [1.29, 1.82) is 0 Å². The number of carbonyl (C=O) groups is 2. The number of nitrogens with zero attached hydrogens (tertiary/aromatic N) is 1. The van der Waals surface area contributed by atoms with Gasteiger partial charge in [0.05, 0.1) is 0 Å². The molecule has 5 nitrogen and oxygen atoms in total. The van der Waals surface area contributed by atoms with Gasteiger partial charge in [0.15, 0.2) is 0 Å². The van der Waals surface area contributed by atoms with Gasteiger partial charge in [-0.15, -0.1) is 0 Å². The smallest absolute Gasteiger partial charge is 0.252 e. The summed E-state index contributed by atoms with van der Waals surface area (Å²) in [6.45, 7) is 1.92. The van der Waals surface area contributed by atoms with Crippen molar-refractivity contribution >= 4 is 28.4 Å². The van der Waals surface area contributed by atoms with Crippen LogP contribution >= 0.6 is 0 Å². The van der Waals surface area contributed by atoms with Crippen molar-refractivity contribution < 1.29 is 9.59 Å². The molecule has 0 bridgehead atoms. The number of nitrogens with one attached hydrogen (secondary N) is 2. The van der Waals surface area contributed by atoms with Gasteiger partial charge in [-0.25, -0.2) is 0 Å². The van der Waals surface area contributed by atoms with E-state index in [1.54, 1.807) is 11.9 Å². The van der Waals surface area contributed by atoms with Crippen LogP contribution in [0.5, 0.6) is 0 Å². The Balaban J connectivity index is 1.74. The van der Waals surface area contributed by atoms with Crippen LogP contribution in [0.2, 0.25) is 0 Å². The Morgan fingerprint density at radius 2 is 1.92 bits per heavy atom. The zero-order chi connectivity index (χ0) is 17.1. The highest BCUT2D eigenvalue weighted by Gasteiger charge is 2.11. The Morgan fingerprint density at radius 1 is 1.12 bits per heavy atom. The van der Waals surface area contributed by atoms with Gasteiger partial charge < -0.3 is 15.2 Å². The summed E-state index contributed by atoms with van der Waals surface area (Å²) in [6.07, 6.45) is 1.82. The van der Waals surface area contributed by atoms with Crippen LogP contribution in [0.3, 0.4) is 0 Å². The van der Waals surface area contributed by atoms with Crippen LogP contribution in [0.1, 0.15) is 22.8 Å². The molecule has 0 fully saturated rings. The maximum atomic E-state index is 12.5. The fourth-order valence-corrected chi connectivity index (χ4v) is 2.62. The number of hydrogen-bond donors (Lipinski definition) is 2. The molecule has 3 rings (SSSR count). The Kier molecular flexibility index (Phi) is 4.33. The predicted octanol–water partition coefficient (Wildman–Crippen LogP) is 3.08. The lowest BCUT2D eigenvalue weighted by atomic mass is 10.1. The summed E-state index contributed by atoms with van der Waals surface area (Å²) in [7, 11) is 1.73. The third kappa shape index (κ3) is 3.15. The molecule has 0 aliphatic heterocycles. The first-order valence-electron chi connectivity index (χ1n) is 7.74. The number of carbonyl (C=O) groups excluding carboxylic acids is 2. The zero-order valence-electron chi connectivity index (χ0n) is 13.7. The Morgan fingerprint density at radius 3 is 2.71 bits per heavy atom. The van der Waals surface area contributed by atoms with E-state index >= 15 is 0 Å². The number of hydrogen-bond acceptors (Lipinski definition) is 2. The van der Waals surface area contributed by atoms with E-state index in [0.717, 1.165) is 22.2 Å². The molecule has 1 aromatic heterocycles. The van der Waals surface area contributed by atoms with Crippen LogP contribution in [0.15, 0.2) is 54.7 Å². The second-order valence-electron chi connectivity index (χ2n) is 5.68. The second-order valence-corrected chi connectivity index (χ2v) is 5.68. The molecule has 0 unspecified atom stereocenters. The lowest BCUT2D eigenvalue weighted by molar-refractivity contribution is -0.116. The highest BCUT2D eigenvalue weighted by Crippen LogP contribution is 2.18. The van der Waals surface area contributed by atoms with Gasteiger partial charge in [-0.05, 0) is 35.9 Å². The molecule has 0 radical (unpaired) electrons. The molecule has 122 valence electrons. The fraction of sp³-hybridized carbons (Fsp3) is 0.158. The Bertz CT molecular complexity index is 898. The molecule has 0 spiro atoms. The molecule has 2 amide bonds. The van der Waals surface area contributed by atoms with Gasteiger partial charge in [0.25, 0.3) is 5.91 Å². The monoisotopic (exact) mass is 321 g/mol. The normalized spacial score (nSPS) is 10.6. The third-order valence-corrected chi connectivity index (χ3v) is 4.06. The third-order valence-electron chi connectivity index (χ3n) is 4.06. The van der Waals surface area contributed by atoms with Gasteiger partial charge in [0.2, 0.25) is 5.91 Å². The van der Waals surface area contributed by atoms with Gasteiger partial charge in [-0.2, -0.15) is 0 Å². The molecule has 24 heavy (non-hydrogen) atoms. The number of H-pyrrole nitrogens is 1. The number of fused-ring (bicyclic) bond motifs is 1. The van der Waals surface area contributed by atoms with Gasteiger partial charge in [-0.3, -0.25) is 9.59 Å². The summed E-state index contributed by atoms with van der Waals surface area (Å²) < 4.78 is 0. The summed E-state index contributed by atoms with van der Waals surface area (Å²) in [4.78, 5) is 28.6. The fourth-order valence-electron chi connectivity index (χ4n) is 2.62.